The number of para-hydroxylation sites is 1. The van der Waals surface area contributed by atoms with Gasteiger partial charge in [0.25, 0.3) is 5.19 Å². The molecule has 14 heteroatoms. The van der Waals surface area contributed by atoms with Crippen LogP contribution in [-0.4, -0.2) is 63.4 Å². The van der Waals surface area contributed by atoms with Crippen LogP contribution in [0.4, 0.5) is 23.2 Å². The Kier molecular flexibility index (Phi) is 9.02. The van der Waals surface area contributed by atoms with E-state index in [4.69, 9.17) is 4.74 Å². The number of anilines is 1. The number of halogens is 4. The van der Waals surface area contributed by atoms with Crippen LogP contribution < -0.4 is 20.7 Å². The number of hydrogen-bond donors (Lipinski definition) is 3. The zero-order valence-corrected chi connectivity index (χ0v) is 28.3. The van der Waals surface area contributed by atoms with Gasteiger partial charge in [0.2, 0.25) is 17.7 Å². The molecule has 3 fully saturated rings. The SMILES string of the molecule is CC1(NC(=O)[C@@]23C[C@H]2/C=C\CCCCC[C@H](Nc2ccc(F)c(C(F)(F)F)c2)C(=O)N2C[C@H](Oc4nc5ccccc5s4)C[C@H]2C(=O)N3)CC1. The van der Waals surface area contributed by atoms with Gasteiger partial charge in [0.05, 0.1) is 22.3 Å². The molecule has 266 valence electrons. The zero-order valence-electron chi connectivity index (χ0n) is 27.5. The van der Waals surface area contributed by atoms with Crippen LogP contribution >= 0.6 is 11.3 Å². The van der Waals surface area contributed by atoms with Crippen molar-refractivity contribution in [2.75, 3.05) is 11.9 Å². The first-order chi connectivity index (χ1) is 23.8. The number of fused-ring (bicyclic) bond motifs is 3. The molecule has 0 spiro atoms. The van der Waals surface area contributed by atoms with Crippen molar-refractivity contribution < 1.29 is 36.7 Å². The molecule has 3 amide bonds. The van der Waals surface area contributed by atoms with Gasteiger partial charge in [-0.05, 0) is 75.8 Å². The third-order valence-corrected chi connectivity index (χ3v) is 11.1. The highest BCUT2D eigenvalue weighted by Gasteiger charge is 2.62. The molecule has 3 aromatic rings. The predicted octanol–water partition coefficient (Wildman–Crippen LogP) is 6.35. The van der Waals surface area contributed by atoms with Crippen LogP contribution in [0.25, 0.3) is 10.2 Å². The second kappa shape index (κ2) is 13.2. The standard InChI is InChI=1S/C36H39F4N5O4S/c1-34(15-16-34)44-32(48)35-19-21(35)9-5-3-2-4-6-11-27(41-22-13-14-25(37)24(17-22)36(38,39)40)31(47)45-20-23(18-28(45)30(46)43-35)49-33-42-26-10-7-8-12-29(26)50-33/h5,7-10,12-14,17,21,23,27-28,41H,2-4,6,11,15-16,18-20H2,1H3,(H,43,46)(H,44,48)/b9-5-/t21-,23-,27+,28+,35-/m1/s1. The summed E-state index contributed by atoms with van der Waals surface area (Å²) in [6, 6.07) is 8.04. The number of amides is 3. The normalized spacial score (nSPS) is 28.8. The van der Waals surface area contributed by atoms with Crippen LogP contribution in [0.3, 0.4) is 0 Å². The van der Waals surface area contributed by atoms with Crippen molar-refractivity contribution in [2.24, 2.45) is 5.92 Å². The number of allylic oxidation sites excluding steroid dienone is 1. The molecular formula is C36H39F4N5O4S. The third kappa shape index (κ3) is 7.17. The maximum Gasteiger partial charge on any atom is 0.419 e. The molecule has 7 rings (SSSR count). The van der Waals surface area contributed by atoms with Gasteiger partial charge in [-0.1, -0.05) is 48.5 Å². The van der Waals surface area contributed by atoms with Gasteiger partial charge < -0.3 is 25.6 Å². The summed E-state index contributed by atoms with van der Waals surface area (Å²) < 4.78 is 62.0. The van der Waals surface area contributed by atoms with Gasteiger partial charge in [0, 0.05) is 23.6 Å². The molecule has 0 unspecified atom stereocenters. The van der Waals surface area contributed by atoms with E-state index in [0.29, 0.717) is 24.1 Å². The second-order valence-electron chi connectivity index (χ2n) is 14.2. The van der Waals surface area contributed by atoms with Gasteiger partial charge in [-0.3, -0.25) is 14.4 Å². The fourth-order valence-corrected chi connectivity index (χ4v) is 7.82. The number of ether oxygens (including phenoxy) is 1. The summed E-state index contributed by atoms with van der Waals surface area (Å²) in [6.07, 6.45) is 3.83. The number of nitrogens with zero attached hydrogens (tertiary/aromatic N) is 2. The molecule has 50 heavy (non-hydrogen) atoms. The van der Waals surface area contributed by atoms with E-state index in [2.05, 4.69) is 20.9 Å². The third-order valence-electron chi connectivity index (χ3n) is 10.2. The topological polar surface area (TPSA) is 113 Å². The van der Waals surface area contributed by atoms with Gasteiger partial charge in [-0.15, -0.1) is 0 Å². The number of alkyl halides is 3. The minimum atomic E-state index is -4.93. The monoisotopic (exact) mass is 713 g/mol. The largest absolute Gasteiger partial charge is 0.465 e. The average Bonchev–Trinajstić information content (AvgIpc) is 3.84. The maximum atomic E-state index is 14.4. The number of rotatable bonds is 6. The summed E-state index contributed by atoms with van der Waals surface area (Å²) in [5.74, 6) is -2.87. The lowest BCUT2D eigenvalue weighted by molar-refractivity contribution is -0.140. The minimum Gasteiger partial charge on any atom is -0.465 e. The van der Waals surface area contributed by atoms with Crippen molar-refractivity contribution in [1.82, 2.24) is 20.5 Å². The smallest absolute Gasteiger partial charge is 0.419 e. The van der Waals surface area contributed by atoms with Crippen LogP contribution in [0.5, 0.6) is 5.19 Å². The highest BCUT2D eigenvalue weighted by atomic mass is 32.1. The van der Waals surface area contributed by atoms with E-state index < -0.39 is 53.1 Å². The van der Waals surface area contributed by atoms with E-state index >= 15 is 0 Å². The Labute approximate surface area is 290 Å². The van der Waals surface area contributed by atoms with E-state index in [9.17, 15) is 31.9 Å². The molecule has 2 saturated carbocycles. The van der Waals surface area contributed by atoms with E-state index in [1.165, 1.54) is 22.3 Å². The van der Waals surface area contributed by atoms with Crippen molar-refractivity contribution in [1.29, 1.82) is 0 Å². The summed E-state index contributed by atoms with van der Waals surface area (Å²) in [5, 5.41) is 9.45. The van der Waals surface area contributed by atoms with Crippen LogP contribution in [0.2, 0.25) is 0 Å². The Morgan fingerprint density at radius 1 is 1.12 bits per heavy atom. The highest BCUT2D eigenvalue weighted by Crippen LogP contribution is 2.47. The molecule has 2 aliphatic heterocycles. The average molecular weight is 714 g/mol. The minimum absolute atomic E-state index is 0.0167. The van der Waals surface area contributed by atoms with Gasteiger partial charge >= 0.3 is 6.18 Å². The van der Waals surface area contributed by atoms with Gasteiger partial charge in [0.15, 0.2) is 0 Å². The number of aromatic nitrogens is 1. The molecule has 5 atom stereocenters. The zero-order chi connectivity index (χ0) is 35.3. The number of thiazole rings is 1. The number of nitrogens with one attached hydrogen (secondary N) is 3. The molecule has 2 aliphatic carbocycles. The Balaban J connectivity index is 1.19. The van der Waals surface area contributed by atoms with Crippen molar-refractivity contribution in [3.05, 3.63) is 66.0 Å². The lowest BCUT2D eigenvalue weighted by atomic mass is 10.0. The first-order valence-electron chi connectivity index (χ1n) is 17.1. The molecule has 9 nitrogen and oxygen atoms in total. The number of carbonyl (C=O) groups is 3. The molecular weight excluding hydrogens is 674 g/mol. The van der Waals surface area contributed by atoms with Crippen LogP contribution in [0.15, 0.2) is 54.6 Å². The molecule has 0 bridgehead atoms. The van der Waals surface area contributed by atoms with E-state index in [1.807, 2.05) is 43.3 Å². The first kappa shape index (κ1) is 34.3. The summed E-state index contributed by atoms with van der Waals surface area (Å²) in [5.41, 5.74) is -2.21. The molecule has 1 aromatic heterocycles. The van der Waals surface area contributed by atoms with Crippen molar-refractivity contribution in [3.63, 3.8) is 0 Å². The molecule has 3 N–H and O–H groups in total. The lowest BCUT2D eigenvalue weighted by Gasteiger charge is -2.30. The summed E-state index contributed by atoms with van der Waals surface area (Å²) in [6.45, 7) is 1.99. The molecule has 3 heterocycles. The maximum absolute atomic E-state index is 14.4. The van der Waals surface area contributed by atoms with Gasteiger partial charge in [-0.2, -0.15) is 13.2 Å². The van der Waals surface area contributed by atoms with Crippen molar-refractivity contribution in [2.45, 2.75) is 100 Å². The van der Waals surface area contributed by atoms with E-state index in [-0.39, 0.29) is 42.4 Å². The lowest BCUT2D eigenvalue weighted by Crippen LogP contribution is -2.58. The second-order valence-corrected chi connectivity index (χ2v) is 15.2. The fraction of sp³-hybridized carbons (Fsp3) is 0.500. The van der Waals surface area contributed by atoms with Crippen LogP contribution in [-0.2, 0) is 20.6 Å². The van der Waals surface area contributed by atoms with Gasteiger partial charge in [0.1, 0.15) is 29.5 Å². The molecule has 0 radical (unpaired) electrons. The van der Waals surface area contributed by atoms with Crippen LogP contribution in [0.1, 0.15) is 70.3 Å². The van der Waals surface area contributed by atoms with E-state index in [1.54, 1.807) is 0 Å². The Hall–Kier alpha value is -4.20. The summed E-state index contributed by atoms with van der Waals surface area (Å²) in [7, 11) is 0. The summed E-state index contributed by atoms with van der Waals surface area (Å²) >= 11 is 1.34. The van der Waals surface area contributed by atoms with Gasteiger partial charge in [-0.25, -0.2) is 9.37 Å². The Morgan fingerprint density at radius 2 is 1.92 bits per heavy atom. The quantitative estimate of drug-likeness (QED) is 0.203. The molecule has 1 saturated heterocycles. The van der Waals surface area contributed by atoms with E-state index in [0.717, 1.165) is 48.4 Å². The highest BCUT2D eigenvalue weighted by molar-refractivity contribution is 7.20. The van der Waals surface area contributed by atoms with Crippen LogP contribution in [0, 0.1) is 11.7 Å². The first-order valence-corrected chi connectivity index (χ1v) is 17.9. The number of carbonyl (C=O) groups excluding carboxylic acids is 3. The fourth-order valence-electron chi connectivity index (χ4n) is 6.94. The van der Waals surface area contributed by atoms with Crippen molar-refractivity contribution in [3.8, 4) is 5.19 Å². The molecule has 2 aromatic carbocycles. The number of benzene rings is 2. The summed E-state index contributed by atoms with van der Waals surface area (Å²) in [4.78, 5) is 48.3. The van der Waals surface area contributed by atoms with Crippen molar-refractivity contribution >= 4 is 45.0 Å². The molecule has 4 aliphatic rings. The number of hydrogen-bond acceptors (Lipinski definition) is 7. The Morgan fingerprint density at radius 3 is 2.68 bits per heavy atom. The predicted molar refractivity (Wildman–Crippen MR) is 180 cm³/mol. The Bertz CT molecular complexity index is 1790.